The second-order valence-corrected chi connectivity index (χ2v) is 5.66. The molecule has 0 fully saturated rings. The predicted molar refractivity (Wildman–Crippen MR) is 81.6 cm³/mol. The molecule has 0 radical (unpaired) electrons. The van der Waals surface area contributed by atoms with Crippen LogP contribution < -0.4 is 5.32 Å². The number of hydrogen-bond acceptors (Lipinski definition) is 4. The summed E-state index contributed by atoms with van der Waals surface area (Å²) in [5.41, 5.74) is 2.46. The summed E-state index contributed by atoms with van der Waals surface area (Å²) < 4.78 is 42.3. The fraction of sp³-hybridized carbons (Fsp3) is 0.500. The zero-order valence-corrected chi connectivity index (χ0v) is 13.4. The first-order chi connectivity index (χ1) is 11.2. The molecule has 2 rings (SSSR count). The predicted octanol–water partition coefficient (Wildman–Crippen LogP) is 2.15. The molecular weight excluding hydrogens is 325 g/mol. The lowest BCUT2D eigenvalue weighted by atomic mass is 10.0. The summed E-state index contributed by atoms with van der Waals surface area (Å²) in [5.74, 6) is -2.21. The van der Waals surface area contributed by atoms with E-state index in [2.05, 4.69) is 10.1 Å². The van der Waals surface area contributed by atoms with E-state index in [1.54, 1.807) is 19.1 Å². The van der Waals surface area contributed by atoms with Gasteiger partial charge in [-0.25, -0.2) is 4.79 Å². The van der Waals surface area contributed by atoms with Gasteiger partial charge in [-0.3, -0.25) is 4.79 Å². The third-order valence-electron chi connectivity index (χ3n) is 3.98. The minimum Gasteiger partial charge on any atom is -0.467 e. The van der Waals surface area contributed by atoms with Gasteiger partial charge in [-0.1, -0.05) is 6.07 Å². The topological polar surface area (TPSA) is 58.6 Å². The molecule has 0 aromatic heterocycles. The van der Waals surface area contributed by atoms with Crippen LogP contribution in [-0.2, 0) is 27.2 Å². The van der Waals surface area contributed by atoms with Crippen LogP contribution in [0.2, 0.25) is 0 Å². The molecule has 132 valence electrons. The van der Waals surface area contributed by atoms with Crippen LogP contribution in [0.3, 0.4) is 0 Å². The van der Waals surface area contributed by atoms with Crippen LogP contribution in [0.1, 0.15) is 18.1 Å². The minimum absolute atomic E-state index is 0.0152. The Labute approximate surface area is 137 Å². The summed E-state index contributed by atoms with van der Waals surface area (Å²) >= 11 is 0. The van der Waals surface area contributed by atoms with Gasteiger partial charge in [0.1, 0.15) is 6.04 Å². The summed E-state index contributed by atoms with van der Waals surface area (Å²) in [6.45, 7) is 1.71. The Kier molecular flexibility index (Phi) is 5.36. The summed E-state index contributed by atoms with van der Waals surface area (Å²) in [7, 11) is 1.30. The SMILES string of the molecule is COC(=O)C(C)Nc1ccc2c(c1)CCN(C(=O)C(F)(F)F)CC2. The van der Waals surface area contributed by atoms with E-state index in [0.717, 1.165) is 16.0 Å². The van der Waals surface area contributed by atoms with Crippen molar-refractivity contribution in [3.8, 4) is 0 Å². The van der Waals surface area contributed by atoms with Crippen LogP contribution in [0.4, 0.5) is 18.9 Å². The second-order valence-electron chi connectivity index (χ2n) is 5.66. The highest BCUT2D eigenvalue weighted by Gasteiger charge is 2.42. The van der Waals surface area contributed by atoms with E-state index >= 15 is 0 Å². The van der Waals surface area contributed by atoms with Gasteiger partial charge < -0.3 is 15.0 Å². The van der Waals surface area contributed by atoms with Crippen LogP contribution in [0.25, 0.3) is 0 Å². The third kappa shape index (κ3) is 4.18. The first-order valence-electron chi connectivity index (χ1n) is 7.54. The standard InChI is InChI=1S/C16H19F3N2O3/c1-10(14(22)24-2)20-13-4-3-11-5-7-21(8-6-12(11)9-13)15(23)16(17,18)19/h3-4,9-10,20H,5-8H2,1-2H3. The van der Waals surface area contributed by atoms with Crippen LogP contribution >= 0.6 is 0 Å². The number of ether oxygens (including phenoxy) is 1. The fourth-order valence-electron chi connectivity index (χ4n) is 2.68. The second kappa shape index (κ2) is 7.11. The quantitative estimate of drug-likeness (QED) is 0.854. The number of rotatable bonds is 3. The number of anilines is 1. The molecule has 0 saturated carbocycles. The lowest BCUT2D eigenvalue weighted by Crippen LogP contribution is -2.42. The number of nitrogens with zero attached hydrogens (tertiary/aromatic N) is 1. The molecule has 1 atom stereocenters. The summed E-state index contributed by atoms with van der Waals surface area (Å²) in [5, 5.41) is 2.99. The van der Waals surface area contributed by atoms with Gasteiger partial charge in [0.15, 0.2) is 0 Å². The van der Waals surface area contributed by atoms with E-state index in [9.17, 15) is 22.8 Å². The van der Waals surface area contributed by atoms with E-state index in [1.165, 1.54) is 7.11 Å². The highest BCUT2D eigenvalue weighted by Crippen LogP contribution is 2.24. The molecule has 8 heteroatoms. The number of fused-ring (bicyclic) bond motifs is 1. The normalized spacial score (nSPS) is 16.0. The van der Waals surface area contributed by atoms with Crippen LogP contribution in [0.15, 0.2) is 18.2 Å². The van der Waals surface area contributed by atoms with E-state index in [4.69, 9.17) is 0 Å². The van der Waals surface area contributed by atoms with Crippen molar-refractivity contribution >= 4 is 17.6 Å². The maximum atomic E-state index is 12.6. The molecule has 1 aliphatic heterocycles. The number of alkyl halides is 3. The number of esters is 1. The molecule has 1 heterocycles. The average Bonchev–Trinajstić information content (AvgIpc) is 2.74. The number of carbonyl (C=O) groups excluding carboxylic acids is 2. The number of amides is 1. The molecule has 0 saturated heterocycles. The van der Waals surface area contributed by atoms with Crippen molar-refractivity contribution in [1.82, 2.24) is 4.90 Å². The van der Waals surface area contributed by atoms with Crippen molar-refractivity contribution in [3.05, 3.63) is 29.3 Å². The molecule has 0 spiro atoms. The van der Waals surface area contributed by atoms with Crippen molar-refractivity contribution in [2.45, 2.75) is 32.0 Å². The summed E-state index contributed by atoms with van der Waals surface area (Å²) in [4.78, 5) is 23.7. The van der Waals surface area contributed by atoms with Gasteiger partial charge in [-0.15, -0.1) is 0 Å². The van der Waals surface area contributed by atoms with Crippen molar-refractivity contribution < 1.29 is 27.5 Å². The highest BCUT2D eigenvalue weighted by molar-refractivity contribution is 5.82. The lowest BCUT2D eigenvalue weighted by molar-refractivity contribution is -0.185. The van der Waals surface area contributed by atoms with Crippen molar-refractivity contribution in [1.29, 1.82) is 0 Å². The van der Waals surface area contributed by atoms with Gasteiger partial charge in [0.2, 0.25) is 0 Å². The monoisotopic (exact) mass is 344 g/mol. The zero-order chi connectivity index (χ0) is 17.9. The highest BCUT2D eigenvalue weighted by atomic mass is 19.4. The molecule has 5 nitrogen and oxygen atoms in total. The molecule has 24 heavy (non-hydrogen) atoms. The van der Waals surface area contributed by atoms with Gasteiger partial charge >= 0.3 is 18.1 Å². The van der Waals surface area contributed by atoms with Crippen molar-refractivity contribution in [2.75, 3.05) is 25.5 Å². The first kappa shape index (κ1) is 18.1. The first-order valence-corrected chi connectivity index (χ1v) is 7.54. The zero-order valence-electron chi connectivity index (χ0n) is 13.4. The molecule has 1 unspecified atom stereocenters. The van der Waals surface area contributed by atoms with Gasteiger partial charge in [0.05, 0.1) is 7.11 Å². The molecule has 1 aromatic carbocycles. The molecule has 1 aromatic rings. The lowest BCUT2D eigenvalue weighted by Gasteiger charge is -2.21. The number of nitrogens with one attached hydrogen (secondary N) is 1. The number of carbonyl (C=O) groups is 2. The molecule has 1 aliphatic rings. The van der Waals surface area contributed by atoms with Crippen LogP contribution in [0, 0.1) is 0 Å². The number of benzene rings is 1. The third-order valence-corrected chi connectivity index (χ3v) is 3.98. The average molecular weight is 344 g/mol. The molecular formula is C16H19F3N2O3. The molecule has 1 amide bonds. The Balaban J connectivity index is 2.09. The van der Waals surface area contributed by atoms with E-state index in [0.29, 0.717) is 18.5 Å². The number of hydrogen-bond donors (Lipinski definition) is 1. The number of methoxy groups -OCH3 is 1. The van der Waals surface area contributed by atoms with Gasteiger partial charge in [0.25, 0.3) is 0 Å². The Morgan fingerprint density at radius 1 is 1.21 bits per heavy atom. The van der Waals surface area contributed by atoms with Crippen LogP contribution in [-0.4, -0.2) is 49.2 Å². The smallest absolute Gasteiger partial charge is 0.467 e. The fourth-order valence-corrected chi connectivity index (χ4v) is 2.68. The minimum atomic E-state index is -4.85. The van der Waals surface area contributed by atoms with Crippen LogP contribution in [0.5, 0.6) is 0 Å². The molecule has 0 aliphatic carbocycles. The van der Waals surface area contributed by atoms with Gasteiger partial charge in [0, 0.05) is 18.8 Å². The molecule has 1 N–H and O–H groups in total. The van der Waals surface area contributed by atoms with Crippen molar-refractivity contribution in [3.63, 3.8) is 0 Å². The van der Waals surface area contributed by atoms with Crippen molar-refractivity contribution in [2.24, 2.45) is 0 Å². The Hall–Kier alpha value is -2.25. The van der Waals surface area contributed by atoms with E-state index < -0.39 is 24.1 Å². The van der Waals surface area contributed by atoms with E-state index in [-0.39, 0.29) is 13.1 Å². The largest absolute Gasteiger partial charge is 0.471 e. The summed E-state index contributed by atoms with van der Waals surface area (Å²) in [6, 6.07) is 4.83. The summed E-state index contributed by atoms with van der Waals surface area (Å²) in [6.07, 6.45) is -4.15. The Morgan fingerprint density at radius 2 is 1.83 bits per heavy atom. The maximum absolute atomic E-state index is 12.6. The Bertz CT molecular complexity index is 631. The Morgan fingerprint density at radius 3 is 2.42 bits per heavy atom. The number of halogens is 3. The molecule has 0 bridgehead atoms. The van der Waals surface area contributed by atoms with E-state index in [1.807, 2.05) is 6.07 Å². The van der Waals surface area contributed by atoms with Gasteiger partial charge in [-0.05, 0) is 43.0 Å². The van der Waals surface area contributed by atoms with Gasteiger partial charge in [-0.2, -0.15) is 13.2 Å². The maximum Gasteiger partial charge on any atom is 0.471 e.